The van der Waals surface area contributed by atoms with E-state index in [1.165, 1.54) is 0 Å². The molecule has 29 heavy (non-hydrogen) atoms. The van der Waals surface area contributed by atoms with Crippen LogP contribution in [0.15, 0.2) is 66.9 Å². The van der Waals surface area contributed by atoms with Gasteiger partial charge in [0.2, 0.25) is 0 Å². The topological polar surface area (TPSA) is 74.0 Å². The van der Waals surface area contributed by atoms with Crippen molar-refractivity contribution in [3.05, 3.63) is 83.8 Å². The lowest BCUT2D eigenvalue weighted by molar-refractivity contribution is 0.102. The molecule has 0 bridgehead atoms. The van der Waals surface area contributed by atoms with E-state index in [2.05, 4.69) is 15.5 Å². The minimum absolute atomic E-state index is 0.291. The van der Waals surface area contributed by atoms with Gasteiger partial charge in [-0.25, -0.2) is 9.36 Å². The van der Waals surface area contributed by atoms with Gasteiger partial charge in [0.15, 0.2) is 5.69 Å². The van der Waals surface area contributed by atoms with Crippen molar-refractivity contribution in [3.63, 3.8) is 0 Å². The molecule has 4 aromatic rings. The number of para-hydroxylation sites is 1. The number of ether oxygens (including phenoxy) is 1. The molecule has 0 unspecified atom stereocenters. The first-order chi connectivity index (χ1) is 14.1. The molecule has 0 aliphatic carbocycles. The van der Waals surface area contributed by atoms with Crippen molar-refractivity contribution in [1.29, 1.82) is 0 Å². The molecular weight excluding hydrogens is 366 g/mol. The minimum atomic E-state index is -0.291. The third-order valence-electron chi connectivity index (χ3n) is 4.62. The van der Waals surface area contributed by atoms with Crippen LogP contribution in [0.1, 0.15) is 21.7 Å². The Hall–Kier alpha value is -3.87. The summed E-state index contributed by atoms with van der Waals surface area (Å²) >= 11 is 0. The SMILES string of the molecule is COc1ccc(-n2nc(C(=O)Nc3c(C)cnn3-c3ccccc3)cc2C)cc1. The number of aromatic nitrogens is 4. The normalized spacial score (nSPS) is 10.7. The van der Waals surface area contributed by atoms with Gasteiger partial charge in [-0.2, -0.15) is 10.2 Å². The van der Waals surface area contributed by atoms with E-state index in [-0.39, 0.29) is 5.91 Å². The number of carbonyl (C=O) groups excluding carboxylic acids is 1. The summed E-state index contributed by atoms with van der Waals surface area (Å²) in [6, 6.07) is 18.9. The molecule has 0 radical (unpaired) electrons. The van der Waals surface area contributed by atoms with Gasteiger partial charge in [-0.15, -0.1) is 0 Å². The number of hydrogen-bond donors (Lipinski definition) is 1. The Balaban J connectivity index is 1.61. The molecule has 0 aliphatic rings. The molecule has 7 nitrogen and oxygen atoms in total. The molecule has 1 N–H and O–H groups in total. The minimum Gasteiger partial charge on any atom is -0.497 e. The van der Waals surface area contributed by atoms with Crippen LogP contribution >= 0.6 is 0 Å². The fourth-order valence-electron chi connectivity index (χ4n) is 3.09. The van der Waals surface area contributed by atoms with Crippen LogP contribution in [-0.4, -0.2) is 32.6 Å². The zero-order chi connectivity index (χ0) is 20.4. The van der Waals surface area contributed by atoms with Crippen LogP contribution in [0.4, 0.5) is 5.82 Å². The molecule has 0 fully saturated rings. The first-order valence-electron chi connectivity index (χ1n) is 9.19. The second-order valence-corrected chi connectivity index (χ2v) is 6.66. The summed E-state index contributed by atoms with van der Waals surface area (Å²) < 4.78 is 8.64. The molecule has 7 heteroatoms. The van der Waals surface area contributed by atoms with Crippen LogP contribution in [-0.2, 0) is 0 Å². The quantitative estimate of drug-likeness (QED) is 0.563. The van der Waals surface area contributed by atoms with Crippen LogP contribution in [0.2, 0.25) is 0 Å². The Morgan fingerprint density at radius 3 is 2.34 bits per heavy atom. The van der Waals surface area contributed by atoms with E-state index in [0.717, 1.165) is 28.4 Å². The molecule has 4 rings (SSSR count). The molecule has 2 heterocycles. The molecule has 2 aromatic heterocycles. The highest BCUT2D eigenvalue weighted by atomic mass is 16.5. The third-order valence-corrected chi connectivity index (χ3v) is 4.62. The van der Waals surface area contributed by atoms with Crippen molar-refractivity contribution >= 4 is 11.7 Å². The van der Waals surface area contributed by atoms with E-state index in [1.807, 2.05) is 68.4 Å². The highest BCUT2D eigenvalue weighted by molar-refractivity contribution is 6.03. The summed E-state index contributed by atoms with van der Waals surface area (Å²) in [5, 5.41) is 11.8. The number of anilines is 1. The number of benzene rings is 2. The molecule has 0 spiro atoms. The average molecular weight is 387 g/mol. The van der Waals surface area contributed by atoms with Gasteiger partial charge in [-0.05, 0) is 56.3 Å². The van der Waals surface area contributed by atoms with Crippen molar-refractivity contribution < 1.29 is 9.53 Å². The van der Waals surface area contributed by atoms with Crippen LogP contribution < -0.4 is 10.1 Å². The van der Waals surface area contributed by atoms with Gasteiger partial charge in [-0.1, -0.05) is 18.2 Å². The van der Waals surface area contributed by atoms with E-state index in [4.69, 9.17) is 4.74 Å². The first-order valence-corrected chi connectivity index (χ1v) is 9.19. The van der Waals surface area contributed by atoms with Crippen LogP contribution in [0.3, 0.4) is 0 Å². The van der Waals surface area contributed by atoms with Gasteiger partial charge >= 0.3 is 0 Å². The number of carbonyl (C=O) groups is 1. The molecule has 2 aromatic carbocycles. The number of nitrogens with zero attached hydrogens (tertiary/aromatic N) is 4. The summed E-state index contributed by atoms with van der Waals surface area (Å²) in [5.41, 5.74) is 3.78. The number of amides is 1. The molecule has 0 atom stereocenters. The predicted molar refractivity (Wildman–Crippen MR) is 111 cm³/mol. The molecule has 0 saturated heterocycles. The molecule has 146 valence electrons. The third kappa shape index (κ3) is 3.62. The summed E-state index contributed by atoms with van der Waals surface area (Å²) in [4.78, 5) is 12.9. The molecular formula is C22H21N5O2. The highest BCUT2D eigenvalue weighted by Crippen LogP contribution is 2.21. The van der Waals surface area contributed by atoms with E-state index in [1.54, 1.807) is 28.7 Å². The Bertz CT molecular complexity index is 1140. The Morgan fingerprint density at radius 2 is 1.66 bits per heavy atom. The predicted octanol–water partition coefficient (Wildman–Crippen LogP) is 3.94. The monoisotopic (exact) mass is 387 g/mol. The zero-order valence-corrected chi connectivity index (χ0v) is 16.5. The van der Waals surface area contributed by atoms with Gasteiger partial charge in [0.1, 0.15) is 11.6 Å². The Kier molecular flexibility index (Phi) is 4.87. The second-order valence-electron chi connectivity index (χ2n) is 6.66. The molecule has 1 amide bonds. The van der Waals surface area contributed by atoms with Crippen molar-refractivity contribution in [1.82, 2.24) is 19.6 Å². The van der Waals surface area contributed by atoms with Gasteiger partial charge in [-0.3, -0.25) is 4.79 Å². The van der Waals surface area contributed by atoms with E-state index < -0.39 is 0 Å². The summed E-state index contributed by atoms with van der Waals surface area (Å²) in [6.07, 6.45) is 1.73. The highest BCUT2D eigenvalue weighted by Gasteiger charge is 2.17. The summed E-state index contributed by atoms with van der Waals surface area (Å²) in [7, 11) is 1.62. The lowest BCUT2D eigenvalue weighted by atomic mass is 10.3. The summed E-state index contributed by atoms with van der Waals surface area (Å²) in [6.45, 7) is 3.82. The van der Waals surface area contributed by atoms with Crippen molar-refractivity contribution in [3.8, 4) is 17.1 Å². The number of nitrogens with one attached hydrogen (secondary N) is 1. The van der Waals surface area contributed by atoms with Crippen LogP contribution in [0.5, 0.6) is 5.75 Å². The summed E-state index contributed by atoms with van der Waals surface area (Å²) in [5.74, 6) is 1.10. The number of hydrogen-bond acceptors (Lipinski definition) is 4. The maximum absolute atomic E-state index is 12.9. The lowest BCUT2D eigenvalue weighted by Crippen LogP contribution is -2.16. The van der Waals surface area contributed by atoms with Crippen molar-refractivity contribution in [2.45, 2.75) is 13.8 Å². The van der Waals surface area contributed by atoms with Gasteiger partial charge < -0.3 is 10.1 Å². The molecule has 0 aliphatic heterocycles. The largest absolute Gasteiger partial charge is 0.497 e. The molecule has 0 saturated carbocycles. The Labute approximate surface area is 168 Å². The van der Waals surface area contributed by atoms with Crippen LogP contribution in [0, 0.1) is 13.8 Å². The fourth-order valence-corrected chi connectivity index (χ4v) is 3.09. The van der Waals surface area contributed by atoms with E-state index >= 15 is 0 Å². The van der Waals surface area contributed by atoms with Crippen molar-refractivity contribution in [2.24, 2.45) is 0 Å². The van der Waals surface area contributed by atoms with Crippen molar-refractivity contribution in [2.75, 3.05) is 12.4 Å². The average Bonchev–Trinajstić information content (AvgIpc) is 3.32. The van der Waals surface area contributed by atoms with Gasteiger partial charge in [0, 0.05) is 11.3 Å². The smallest absolute Gasteiger partial charge is 0.277 e. The first kappa shape index (κ1) is 18.5. The number of rotatable bonds is 5. The lowest BCUT2D eigenvalue weighted by Gasteiger charge is -2.09. The van der Waals surface area contributed by atoms with E-state index in [0.29, 0.717) is 11.5 Å². The van der Waals surface area contributed by atoms with Gasteiger partial charge in [0.25, 0.3) is 5.91 Å². The standard InChI is InChI=1S/C22H21N5O2/c1-15-14-23-27(17-7-5-4-6-8-17)21(15)24-22(28)20-13-16(2)26(25-20)18-9-11-19(29-3)12-10-18/h4-14H,1-3H3,(H,24,28). The maximum Gasteiger partial charge on any atom is 0.277 e. The number of methoxy groups -OCH3 is 1. The fraction of sp³-hybridized carbons (Fsp3) is 0.136. The second kappa shape index (κ2) is 7.63. The maximum atomic E-state index is 12.9. The Morgan fingerprint density at radius 1 is 0.966 bits per heavy atom. The van der Waals surface area contributed by atoms with Crippen LogP contribution in [0.25, 0.3) is 11.4 Å². The van der Waals surface area contributed by atoms with E-state index in [9.17, 15) is 4.79 Å². The zero-order valence-electron chi connectivity index (χ0n) is 16.5. The van der Waals surface area contributed by atoms with Gasteiger partial charge in [0.05, 0.1) is 24.7 Å². The number of aryl methyl sites for hydroxylation is 2.